The van der Waals surface area contributed by atoms with Crippen LogP contribution < -0.4 is 20.1 Å². The number of ether oxygens (including phenoxy) is 2. The van der Waals surface area contributed by atoms with Gasteiger partial charge in [0.15, 0.2) is 0 Å². The number of rotatable bonds is 12. The molecule has 2 heterocycles. The van der Waals surface area contributed by atoms with E-state index in [-0.39, 0.29) is 20.6 Å². The molecule has 0 aromatic heterocycles. The molecule has 0 unspecified atom stereocenters. The largest absolute Gasteiger partial charge is 0.496 e. The monoisotopic (exact) mass is 975 g/mol. The van der Waals surface area contributed by atoms with Crippen molar-refractivity contribution in [1.29, 1.82) is 0 Å². The molecule has 6 rings (SSSR count). The number of benzene rings is 4. The molecule has 0 spiro atoms. The molecule has 2 saturated heterocycles. The van der Waals surface area contributed by atoms with Crippen molar-refractivity contribution in [1.82, 2.24) is 0 Å². The molecule has 380 valence electrons. The molecule has 0 amide bonds. The molecule has 0 bridgehead atoms. The van der Waals surface area contributed by atoms with E-state index in [9.17, 15) is 4.79 Å². The Kier molecular flexibility index (Phi) is 17.8. The fourth-order valence-electron chi connectivity index (χ4n) is 12.5. The molecule has 2 aliphatic rings. The summed E-state index contributed by atoms with van der Waals surface area (Å²) in [5.74, 6) is 5.19. The summed E-state index contributed by atoms with van der Waals surface area (Å²) in [6.07, 6.45) is 5.18. The summed E-state index contributed by atoms with van der Waals surface area (Å²) in [5, 5.41) is 3.22. The fourth-order valence-corrected chi connectivity index (χ4v) is 21.4. The first-order chi connectivity index (χ1) is 31.8. The highest BCUT2D eigenvalue weighted by Gasteiger charge is 2.50. The number of Topliss-reactive ketones (excluding diaryl/α,β-unsaturated/α-hetero) is 1. The minimum Gasteiger partial charge on any atom is -0.496 e. The lowest BCUT2D eigenvalue weighted by molar-refractivity contribution is -0.120. The molecule has 4 aromatic carbocycles. The smallest absolute Gasteiger partial charge is 0.134 e. The number of methoxy groups -OCH3 is 2. The van der Waals surface area contributed by atoms with Crippen molar-refractivity contribution in [3.63, 3.8) is 0 Å². The average Bonchev–Trinajstić information content (AvgIpc) is 3.21. The van der Waals surface area contributed by atoms with Crippen LogP contribution in [0.15, 0.2) is 48.5 Å². The van der Waals surface area contributed by atoms with E-state index in [4.69, 9.17) is 9.47 Å². The van der Waals surface area contributed by atoms with Gasteiger partial charge in [0.2, 0.25) is 0 Å². The summed E-state index contributed by atoms with van der Waals surface area (Å²) in [5.41, 5.74) is 17.1. The first-order valence-electron chi connectivity index (χ1n) is 26.7. The normalized spacial score (nSPS) is 18.1. The lowest BCUT2D eigenvalue weighted by Crippen LogP contribution is -2.44. The van der Waals surface area contributed by atoms with E-state index < -0.39 is 15.8 Å². The zero-order valence-corrected chi connectivity index (χ0v) is 50.0. The van der Waals surface area contributed by atoms with Gasteiger partial charge in [-0.1, -0.05) is 197 Å². The van der Waals surface area contributed by atoms with E-state index in [0.29, 0.717) is 54.1 Å². The van der Waals surface area contributed by atoms with E-state index in [1.54, 1.807) is 7.11 Å². The van der Waals surface area contributed by atoms with Gasteiger partial charge >= 0.3 is 0 Å². The second-order valence-electron chi connectivity index (χ2n) is 25.4. The maximum Gasteiger partial charge on any atom is 0.134 e. The van der Waals surface area contributed by atoms with Crippen LogP contribution in [0.25, 0.3) is 22.3 Å². The minimum atomic E-state index is -0.696. The summed E-state index contributed by atoms with van der Waals surface area (Å²) in [6.45, 7) is 51.8. The molecular weight excluding hydrogens is 879 g/mol. The van der Waals surface area contributed by atoms with Gasteiger partial charge in [-0.2, -0.15) is 0 Å². The highest BCUT2D eigenvalue weighted by atomic mass is 31.1. The molecular formula is C64H96O3P2. The number of ketones is 1. The number of hydrogen-bond acceptors (Lipinski definition) is 3. The van der Waals surface area contributed by atoms with Gasteiger partial charge in [-0.05, 0) is 162 Å². The maximum absolute atomic E-state index is 12.8. The summed E-state index contributed by atoms with van der Waals surface area (Å²) in [7, 11) is 2.52. The first-order valence-corrected chi connectivity index (χ1v) is 29.4. The highest BCUT2D eigenvalue weighted by Crippen LogP contribution is 2.68. The molecule has 0 saturated carbocycles. The Balaban J connectivity index is 0.000000258. The van der Waals surface area contributed by atoms with Crippen LogP contribution in [0.3, 0.4) is 0 Å². The zero-order valence-electron chi connectivity index (χ0n) is 48.2. The van der Waals surface area contributed by atoms with Crippen molar-refractivity contribution in [3.8, 4) is 33.8 Å². The predicted molar refractivity (Wildman–Crippen MR) is 308 cm³/mol. The Morgan fingerprint density at radius 3 is 0.986 bits per heavy atom. The molecule has 0 radical (unpaired) electrons. The lowest BCUT2D eigenvalue weighted by atomic mass is 9.80. The van der Waals surface area contributed by atoms with Gasteiger partial charge in [-0.15, -0.1) is 0 Å². The summed E-state index contributed by atoms with van der Waals surface area (Å²) < 4.78 is 12.3. The van der Waals surface area contributed by atoms with Gasteiger partial charge in [0.05, 0.1) is 14.2 Å². The average molecular weight is 975 g/mol. The number of carbonyl (C=O) groups is 1. The molecule has 69 heavy (non-hydrogen) atoms. The van der Waals surface area contributed by atoms with Gasteiger partial charge < -0.3 is 9.47 Å². The Bertz CT molecular complexity index is 2380. The Hall–Kier alpha value is -2.99. The molecule has 0 atom stereocenters. The predicted octanol–water partition coefficient (Wildman–Crippen LogP) is 19.0. The van der Waals surface area contributed by atoms with Gasteiger partial charge in [0, 0.05) is 23.5 Å². The molecule has 3 nitrogen and oxygen atoms in total. The minimum absolute atomic E-state index is 0.0994. The van der Waals surface area contributed by atoms with E-state index in [0.717, 1.165) is 11.5 Å². The van der Waals surface area contributed by atoms with Gasteiger partial charge in [0.1, 0.15) is 17.3 Å². The van der Waals surface area contributed by atoms with Crippen LogP contribution in [-0.2, 0) is 4.79 Å². The van der Waals surface area contributed by atoms with Crippen molar-refractivity contribution in [2.75, 3.05) is 14.2 Å². The quantitative estimate of drug-likeness (QED) is 0.133. The van der Waals surface area contributed by atoms with Crippen LogP contribution in [0.4, 0.5) is 0 Å². The highest BCUT2D eigenvalue weighted by molar-refractivity contribution is 7.69. The standard InChI is InChI=1S/C32H47O2P.C32H49OP/c1-19(2)23-15-25(20(3)4)29(26(16-23)21(5)6)28-22(7)13-14-27(34-12)30(28)35-31(8,9)17-24(33)18-32(35,10)11;1-20(2)24-18-25(21(3)4)29(26(19-24)22(5)6)28-23(7)14-15-27(33-12)30(28)34-31(8,9)16-13-17-32(34,10)11/h13-16,19-21H,17-18H2,1-12H3;14-15,18-22H,13,16-17H2,1-12H3. The topological polar surface area (TPSA) is 35.5 Å². The van der Waals surface area contributed by atoms with Gasteiger partial charge in [0.25, 0.3) is 0 Å². The van der Waals surface area contributed by atoms with Crippen LogP contribution in [0.5, 0.6) is 11.5 Å². The van der Waals surface area contributed by atoms with E-state index >= 15 is 0 Å². The summed E-state index contributed by atoms with van der Waals surface area (Å²) >= 11 is 0. The molecule has 5 heteroatoms. The molecule has 2 aliphatic heterocycles. The molecule has 0 aliphatic carbocycles. The van der Waals surface area contributed by atoms with Crippen LogP contribution >= 0.6 is 15.8 Å². The third kappa shape index (κ3) is 11.6. The van der Waals surface area contributed by atoms with Crippen LogP contribution in [0.2, 0.25) is 0 Å². The first kappa shape index (κ1) is 56.9. The second-order valence-corrected chi connectivity index (χ2v) is 32.4. The van der Waals surface area contributed by atoms with Gasteiger partial charge in [-0.25, -0.2) is 0 Å². The third-order valence-corrected chi connectivity index (χ3v) is 23.0. The van der Waals surface area contributed by atoms with Crippen LogP contribution in [0, 0.1) is 13.8 Å². The number of carbonyl (C=O) groups excluding carboxylic acids is 1. The lowest BCUT2D eigenvalue weighted by Gasteiger charge is -2.51. The van der Waals surface area contributed by atoms with E-state index in [1.165, 1.54) is 96.6 Å². The molecule has 2 fully saturated rings. The van der Waals surface area contributed by atoms with Crippen molar-refractivity contribution in [3.05, 3.63) is 93.0 Å². The zero-order chi connectivity index (χ0) is 52.0. The Morgan fingerprint density at radius 1 is 0.435 bits per heavy atom. The Morgan fingerprint density at radius 2 is 0.725 bits per heavy atom. The summed E-state index contributed by atoms with van der Waals surface area (Å²) in [6, 6.07) is 18.8. The summed E-state index contributed by atoms with van der Waals surface area (Å²) in [4.78, 5) is 12.8. The Labute approximate surface area is 426 Å². The van der Waals surface area contributed by atoms with Crippen LogP contribution in [-0.4, -0.2) is 40.6 Å². The third-order valence-electron chi connectivity index (χ3n) is 15.6. The fraction of sp³-hybridized carbons (Fsp3) is 0.609. The number of hydrogen-bond donors (Lipinski definition) is 0. The maximum atomic E-state index is 12.8. The second kappa shape index (κ2) is 21.6. The van der Waals surface area contributed by atoms with Crippen molar-refractivity contribution in [2.24, 2.45) is 0 Å². The molecule has 0 N–H and O–H groups in total. The van der Waals surface area contributed by atoms with Gasteiger partial charge in [-0.3, -0.25) is 4.79 Å². The SMILES string of the molecule is COc1ccc(C)c(-c2c(C(C)C)cc(C(C)C)cc2C(C)C)c1P1C(C)(C)CC(=O)CC1(C)C.COc1ccc(C)c(-c2c(C(C)C)cc(C(C)C)cc2C(C)C)c1P1C(C)(C)CCCC1(C)C. The van der Waals surface area contributed by atoms with E-state index in [2.05, 4.69) is 201 Å². The van der Waals surface area contributed by atoms with Crippen LogP contribution in [0.1, 0.15) is 251 Å². The molecule has 4 aromatic rings. The number of aryl methyl sites for hydroxylation is 2. The van der Waals surface area contributed by atoms with Crippen molar-refractivity contribution < 1.29 is 14.3 Å². The van der Waals surface area contributed by atoms with E-state index in [1.807, 2.05) is 7.11 Å². The van der Waals surface area contributed by atoms with Crippen molar-refractivity contribution >= 4 is 32.2 Å². The van der Waals surface area contributed by atoms with Crippen molar-refractivity contribution in [2.45, 2.75) is 241 Å².